The summed E-state index contributed by atoms with van der Waals surface area (Å²) in [7, 11) is 0. The molecule has 0 spiro atoms. The van der Waals surface area contributed by atoms with Crippen LogP contribution in [0.3, 0.4) is 0 Å². The van der Waals surface area contributed by atoms with Gasteiger partial charge in [0.05, 0.1) is 5.02 Å². The molecule has 1 heterocycles. The fourth-order valence-corrected chi connectivity index (χ4v) is 3.77. The normalized spacial score (nSPS) is 12.6. The van der Waals surface area contributed by atoms with Crippen LogP contribution in [0.1, 0.15) is 37.6 Å². The zero-order chi connectivity index (χ0) is 14.5. The van der Waals surface area contributed by atoms with E-state index >= 15 is 0 Å². The zero-order valence-electron chi connectivity index (χ0n) is 11.7. The molecule has 0 bridgehead atoms. The SMILES string of the molecule is CCCC(NCC)c1ccc(-c2ccc(Br)c(Cl)c2)s1. The maximum Gasteiger partial charge on any atom is 0.0554 e. The van der Waals surface area contributed by atoms with Gasteiger partial charge >= 0.3 is 0 Å². The van der Waals surface area contributed by atoms with E-state index in [2.05, 4.69) is 53.3 Å². The van der Waals surface area contributed by atoms with Crippen molar-refractivity contribution in [3.05, 3.63) is 44.7 Å². The Labute approximate surface area is 138 Å². The fourth-order valence-electron chi connectivity index (χ4n) is 2.22. The summed E-state index contributed by atoms with van der Waals surface area (Å²) in [6.45, 7) is 5.39. The van der Waals surface area contributed by atoms with Crippen molar-refractivity contribution in [2.75, 3.05) is 6.54 Å². The molecule has 0 saturated carbocycles. The Morgan fingerprint density at radius 3 is 2.70 bits per heavy atom. The van der Waals surface area contributed by atoms with E-state index in [1.807, 2.05) is 23.5 Å². The van der Waals surface area contributed by atoms with Gasteiger partial charge in [0.1, 0.15) is 0 Å². The predicted octanol–water partition coefficient (Wildman–Crippen LogP) is 6.28. The molecule has 0 aliphatic carbocycles. The summed E-state index contributed by atoms with van der Waals surface area (Å²) < 4.78 is 0.941. The third-order valence-electron chi connectivity index (χ3n) is 3.20. The van der Waals surface area contributed by atoms with Gasteiger partial charge in [0.25, 0.3) is 0 Å². The molecule has 1 aromatic carbocycles. The van der Waals surface area contributed by atoms with Gasteiger partial charge in [0.2, 0.25) is 0 Å². The van der Waals surface area contributed by atoms with Crippen LogP contribution in [0.15, 0.2) is 34.8 Å². The minimum atomic E-state index is 0.467. The maximum atomic E-state index is 6.18. The van der Waals surface area contributed by atoms with Crippen LogP contribution in [0.25, 0.3) is 10.4 Å². The Bertz CT molecular complexity index is 561. The van der Waals surface area contributed by atoms with Crippen LogP contribution in [0.2, 0.25) is 5.02 Å². The van der Waals surface area contributed by atoms with Gasteiger partial charge in [-0.15, -0.1) is 11.3 Å². The standard InChI is InChI=1S/C16H19BrClNS/c1-3-5-14(19-4-2)16-9-8-15(20-16)11-6-7-12(17)13(18)10-11/h6-10,14,19H,3-5H2,1-2H3. The van der Waals surface area contributed by atoms with Crippen LogP contribution >= 0.6 is 38.9 Å². The summed E-state index contributed by atoms with van der Waals surface area (Å²) in [5.41, 5.74) is 1.18. The lowest BCUT2D eigenvalue weighted by Crippen LogP contribution is -2.19. The number of hydrogen-bond acceptors (Lipinski definition) is 2. The van der Waals surface area contributed by atoms with Gasteiger partial charge in [0, 0.05) is 20.3 Å². The number of thiophene rings is 1. The molecule has 0 saturated heterocycles. The van der Waals surface area contributed by atoms with Crippen LogP contribution in [0.4, 0.5) is 0 Å². The van der Waals surface area contributed by atoms with Gasteiger partial charge in [-0.1, -0.05) is 37.9 Å². The molecule has 4 heteroatoms. The van der Waals surface area contributed by atoms with Gasteiger partial charge in [-0.25, -0.2) is 0 Å². The van der Waals surface area contributed by atoms with Gasteiger partial charge < -0.3 is 5.32 Å². The second-order valence-corrected chi connectivity index (χ2v) is 7.11. The lowest BCUT2D eigenvalue weighted by molar-refractivity contribution is 0.516. The Morgan fingerprint density at radius 1 is 1.25 bits per heavy atom. The van der Waals surface area contributed by atoms with Crippen molar-refractivity contribution in [3.8, 4) is 10.4 Å². The van der Waals surface area contributed by atoms with E-state index in [9.17, 15) is 0 Å². The van der Waals surface area contributed by atoms with Crippen LogP contribution in [0.5, 0.6) is 0 Å². The van der Waals surface area contributed by atoms with Gasteiger partial charge in [-0.2, -0.15) is 0 Å². The van der Waals surface area contributed by atoms with E-state index < -0.39 is 0 Å². The van der Waals surface area contributed by atoms with Crippen molar-refractivity contribution >= 4 is 38.9 Å². The molecule has 1 nitrogen and oxygen atoms in total. The lowest BCUT2D eigenvalue weighted by atomic mass is 10.1. The molecule has 1 atom stereocenters. The van der Waals surface area contributed by atoms with E-state index in [0.29, 0.717) is 6.04 Å². The van der Waals surface area contributed by atoms with E-state index in [0.717, 1.165) is 16.0 Å². The van der Waals surface area contributed by atoms with Crippen molar-refractivity contribution in [2.45, 2.75) is 32.7 Å². The van der Waals surface area contributed by atoms with Crippen LogP contribution in [-0.2, 0) is 0 Å². The van der Waals surface area contributed by atoms with Crippen LogP contribution < -0.4 is 5.32 Å². The topological polar surface area (TPSA) is 12.0 Å². The first kappa shape index (κ1) is 16.0. The molecule has 0 amide bonds. The van der Waals surface area contributed by atoms with E-state index in [-0.39, 0.29) is 0 Å². The molecule has 0 aliphatic rings. The number of benzene rings is 1. The second kappa shape index (κ2) is 7.60. The Balaban J connectivity index is 2.24. The van der Waals surface area contributed by atoms with E-state index in [1.54, 1.807) is 0 Å². The van der Waals surface area contributed by atoms with Gasteiger partial charge in [-0.05, 0) is 58.7 Å². The van der Waals surface area contributed by atoms with Crippen LogP contribution in [-0.4, -0.2) is 6.54 Å². The van der Waals surface area contributed by atoms with Crippen LogP contribution in [0, 0.1) is 0 Å². The van der Waals surface area contributed by atoms with Gasteiger partial charge in [-0.3, -0.25) is 0 Å². The zero-order valence-corrected chi connectivity index (χ0v) is 14.9. The molecule has 1 aromatic heterocycles. The first-order chi connectivity index (χ1) is 9.65. The Morgan fingerprint density at radius 2 is 2.05 bits per heavy atom. The first-order valence-electron chi connectivity index (χ1n) is 6.94. The summed E-state index contributed by atoms with van der Waals surface area (Å²) in [6.07, 6.45) is 2.36. The van der Waals surface area contributed by atoms with Crippen molar-refractivity contribution in [1.29, 1.82) is 0 Å². The van der Waals surface area contributed by atoms with Gasteiger partial charge in [0.15, 0.2) is 0 Å². The number of hydrogen-bond donors (Lipinski definition) is 1. The average molecular weight is 373 g/mol. The molecule has 2 aromatic rings. The Kier molecular flexibility index (Phi) is 6.09. The minimum absolute atomic E-state index is 0.467. The molecule has 2 rings (SSSR count). The molecule has 0 radical (unpaired) electrons. The summed E-state index contributed by atoms with van der Waals surface area (Å²) in [4.78, 5) is 2.68. The van der Waals surface area contributed by atoms with Crippen molar-refractivity contribution < 1.29 is 0 Å². The summed E-state index contributed by atoms with van der Waals surface area (Å²) >= 11 is 11.5. The second-order valence-electron chi connectivity index (χ2n) is 4.73. The molecule has 0 aliphatic heterocycles. The van der Waals surface area contributed by atoms with Crippen molar-refractivity contribution in [2.24, 2.45) is 0 Å². The van der Waals surface area contributed by atoms with E-state index in [4.69, 9.17) is 11.6 Å². The molecular weight excluding hydrogens is 354 g/mol. The first-order valence-corrected chi connectivity index (χ1v) is 8.93. The number of halogens is 2. The van der Waals surface area contributed by atoms with Crippen molar-refractivity contribution in [1.82, 2.24) is 5.32 Å². The summed E-state index contributed by atoms with van der Waals surface area (Å²) in [5, 5.41) is 4.32. The van der Waals surface area contributed by atoms with Crippen molar-refractivity contribution in [3.63, 3.8) is 0 Å². The summed E-state index contributed by atoms with van der Waals surface area (Å²) in [6, 6.07) is 11.0. The molecular formula is C16H19BrClNS. The fraction of sp³-hybridized carbons (Fsp3) is 0.375. The average Bonchev–Trinajstić information content (AvgIpc) is 2.91. The molecule has 108 valence electrons. The summed E-state index contributed by atoms with van der Waals surface area (Å²) in [5.74, 6) is 0. The molecule has 0 fully saturated rings. The predicted molar refractivity (Wildman–Crippen MR) is 93.8 cm³/mol. The maximum absolute atomic E-state index is 6.18. The third-order valence-corrected chi connectivity index (χ3v) is 5.68. The smallest absolute Gasteiger partial charge is 0.0554 e. The Hall–Kier alpha value is -0.350. The molecule has 20 heavy (non-hydrogen) atoms. The monoisotopic (exact) mass is 371 g/mol. The largest absolute Gasteiger partial charge is 0.310 e. The lowest BCUT2D eigenvalue weighted by Gasteiger charge is -2.15. The third kappa shape index (κ3) is 3.85. The number of rotatable bonds is 6. The highest BCUT2D eigenvalue weighted by Crippen LogP contribution is 2.35. The molecule has 1 N–H and O–H groups in total. The molecule has 1 unspecified atom stereocenters. The highest BCUT2D eigenvalue weighted by Gasteiger charge is 2.13. The van der Waals surface area contributed by atoms with E-state index in [1.165, 1.54) is 28.2 Å². The number of nitrogens with one attached hydrogen (secondary N) is 1. The quantitative estimate of drug-likeness (QED) is 0.629. The highest BCUT2D eigenvalue weighted by molar-refractivity contribution is 9.10. The minimum Gasteiger partial charge on any atom is -0.310 e. The highest BCUT2D eigenvalue weighted by atomic mass is 79.9.